The van der Waals surface area contributed by atoms with Crippen molar-refractivity contribution < 1.29 is 9.13 Å². The Kier molecular flexibility index (Phi) is 15.2. The van der Waals surface area contributed by atoms with Crippen LogP contribution in [0.15, 0.2) is 146 Å². The lowest BCUT2D eigenvalue weighted by Gasteiger charge is -2.44. The Morgan fingerprint density at radius 2 is 0.841 bits per heavy atom. The maximum absolute atomic E-state index is 2.68. The van der Waals surface area contributed by atoms with Crippen molar-refractivity contribution in [3.63, 3.8) is 0 Å². The summed E-state index contributed by atoms with van der Waals surface area (Å²) in [4.78, 5) is 14.9. The Morgan fingerprint density at radius 1 is 0.444 bits per heavy atom. The zero-order chi connectivity index (χ0) is 43.4. The van der Waals surface area contributed by atoms with E-state index in [1.807, 2.05) is 0 Å². The first-order chi connectivity index (χ1) is 30.8. The third-order valence-corrected chi connectivity index (χ3v) is 13.1. The van der Waals surface area contributed by atoms with Gasteiger partial charge in [-0.05, 0) is 71.2 Å². The third-order valence-electron chi connectivity index (χ3n) is 13.1. The monoisotopic (exact) mass is 843 g/mol. The number of nitrogens with zero attached hydrogens (tertiary/aromatic N) is 8. The second kappa shape index (κ2) is 21.7. The smallest absolute Gasteiger partial charge is 0.170 e. The largest absolute Gasteiger partial charge is 0.377 e. The summed E-state index contributed by atoms with van der Waals surface area (Å²) in [7, 11) is 8.39. The van der Waals surface area contributed by atoms with E-state index in [0.717, 1.165) is 111 Å². The molecule has 2 aromatic heterocycles. The molecular weight excluding hydrogens is 773 g/mol. The maximum Gasteiger partial charge on any atom is 0.170 e. The van der Waals surface area contributed by atoms with Gasteiger partial charge in [0.25, 0.3) is 0 Å². The van der Waals surface area contributed by atoms with E-state index in [1.54, 1.807) is 0 Å². The number of benzene rings is 4. The van der Waals surface area contributed by atoms with Crippen molar-refractivity contribution in [2.75, 3.05) is 88.8 Å². The molecule has 4 heterocycles. The summed E-state index contributed by atoms with van der Waals surface area (Å²) in [6.45, 7) is 11.5. The highest BCUT2D eigenvalue weighted by Crippen LogP contribution is 2.41. The minimum atomic E-state index is 0.963. The lowest BCUT2D eigenvalue weighted by molar-refractivity contribution is -0.697. The van der Waals surface area contributed by atoms with Gasteiger partial charge in [-0.3, -0.25) is 4.90 Å². The lowest BCUT2D eigenvalue weighted by Crippen LogP contribution is -2.43. The molecule has 6 aromatic rings. The van der Waals surface area contributed by atoms with Crippen LogP contribution in [0.4, 0.5) is 22.7 Å². The molecule has 2 aliphatic heterocycles. The van der Waals surface area contributed by atoms with Gasteiger partial charge in [-0.2, -0.15) is 0 Å². The summed E-state index contributed by atoms with van der Waals surface area (Å²) >= 11 is 0. The zero-order valence-corrected chi connectivity index (χ0v) is 38.5. The van der Waals surface area contributed by atoms with Crippen LogP contribution in [-0.4, -0.2) is 88.8 Å². The van der Waals surface area contributed by atoms with Crippen molar-refractivity contribution in [3.8, 4) is 0 Å². The van der Waals surface area contributed by atoms with Crippen LogP contribution in [0.3, 0.4) is 0 Å². The van der Waals surface area contributed by atoms with Crippen LogP contribution in [0.25, 0.3) is 0 Å². The molecule has 2 bridgehead atoms. The van der Waals surface area contributed by atoms with Gasteiger partial charge in [0.1, 0.15) is 13.1 Å². The Bertz CT molecular complexity index is 2150. The van der Waals surface area contributed by atoms with E-state index in [9.17, 15) is 0 Å². The first-order valence-corrected chi connectivity index (χ1v) is 23.4. The first kappa shape index (κ1) is 44.1. The van der Waals surface area contributed by atoms with Gasteiger partial charge in [-0.25, -0.2) is 9.13 Å². The van der Waals surface area contributed by atoms with E-state index in [1.165, 1.54) is 56.1 Å². The molecule has 2 aliphatic rings. The second-order valence-corrected chi connectivity index (χ2v) is 18.2. The molecular formula is C55H70N8+2. The Morgan fingerprint density at radius 3 is 1.24 bits per heavy atom. The number of hydrogen-bond acceptors (Lipinski definition) is 6. The quantitative estimate of drug-likeness (QED) is 0.0641. The highest BCUT2D eigenvalue weighted by atomic mass is 15.4. The van der Waals surface area contributed by atoms with Gasteiger partial charge in [0.2, 0.25) is 0 Å². The second-order valence-electron chi connectivity index (χ2n) is 18.2. The fraction of sp³-hybridized carbons (Fsp3) is 0.382. The predicted octanol–water partition coefficient (Wildman–Crippen LogP) is 8.17. The Labute approximate surface area is 378 Å². The third kappa shape index (κ3) is 12.3. The standard InChI is InChI=1S/C55H70N8/c1-56(2)52-25-37-60(38-26-52)31-11-29-58(33-21-46-13-7-5-8-14-46)35-23-48-17-19-54-50(41-48)43-62-44-51-42-49(18-20-55(51)63(54)45-62)24-36-59(34-22-47-15-9-6-10-16-47)30-12-32-61-39-27-53(28-40-61)57(3)4/h5-10,13-20,25-28,37-42H,11-12,21-24,29-36,43-45H2,1-4H3/q+2. The molecule has 63 heavy (non-hydrogen) atoms. The molecule has 0 spiro atoms. The van der Waals surface area contributed by atoms with Gasteiger partial charge in [-0.15, -0.1) is 0 Å². The summed E-state index contributed by atoms with van der Waals surface area (Å²) in [6.07, 6.45) is 15.4. The van der Waals surface area contributed by atoms with Crippen molar-refractivity contribution >= 4 is 22.7 Å². The highest BCUT2D eigenvalue weighted by molar-refractivity contribution is 5.72. The van der Waals surface area contributed by atoms with Crippen LogP contribution in [0.2, 0.25) is 0 Å². The van der Waals surface area contributed by atoms with Crippen LogP contribution in [0.1, 0.15) is 46.2 Å². The summed E-state index contributed by atoms with van der Waals surface area (Å²) in [5.41, 5.74) is 13.9. The minimum Gasteiger partial charge on any atom is -0.377 e. The topological polar surface area (TPSA) is 27.2 Å². The van der Waals surface area contributed by atoms with Gasteiger partial charge < -0.3 is 24.5 Å². The van der Waals surface area contributed by atoms with Gasteiger partial charge >= 0.3 is 0 Å². The van der Waals surface area contributed by atoms with E-state index in [-0.39, 0.29) is 0 Å². The average Bonchev–Trinajstić information content (AvgIpc) is 3.31. The van der Waals surface area contributed by atoms with E-state index >= 15 is 0 Å². The summed E-state index contributed by atoms with van der Waals surface area (Å²) in [5.74, 6) is 0. The van der Waals surface area contributed by atoms with Gasteiger partial charge in [0.15, 0.2) is 24.8 Å². The van der Waals surface area contributed by atoms with Crippen LogP contribution in [0.5, 0.6) is 0 Å². The minimum absolute atomic E-state index is 0.963. The van der Waals surface area contributed by atoms with Crippen molar-refractivity contribution in [2.24, 2.45) is 0 Å². The van der Waals surface area contributed by atoms with Crippen molar-refractivity contribution in [1.29, 1.82) is 0 Å². The molecule has 0 fully saturated rings. The van der Waals surface area contributed by atoms with Crippen molar-refractivity contribution in [2.45, 2.75) is 64.7 Å². The van der Waals surface area contributed by atoms with E-state index in [4.69, 9.17) is 0 Å². The molecule has 0 saturated heterocycles. The average molecular weight is 843 g/mol. The lowest BCUT2D eigenvalue weighted by atomic mass is 9.97. The molecule has 0 atom stereocenters. The molecule has 8 nitrogen and oxygen atoms in total. The summed E-state index contributed by atoms with van der Waals surface area (Å²) < 4.78 is 4.65. The Balaban J connectivity index is 0.879. The molecule has 8 rings (SSSR count). The van der Waals surface area contributed by atoms with Gasteiger partial charge in [0.05, 0.1) is 6.67 Å². The van der Waals surface area contributed by atoms with E-state index in [0.29, 0.717) is 0 Å². The molecule has 0 amide bonds. The van der Waals surface area contributed by atoms with Crippen LogP contribution < -0.4 is 23.8 Å². The molecule has 0 N–H and O–H groups in total. The number of hydrogen-bond donors (Lipinski definition) is 0. The number of pyridine rings is 2. The van der Waals surface area contributed by atoms with E-state index < -0.39 is 0 Å². The zero-order valence-electron chi connectivity index (χ0n) is 38.5. The van der Waals surface area contributed by atoms with Gasteiger partial charge in [0, 0.05) is 140 Å². The number of anilines is 4. The molecule has 328 valence electrons. The number of aryl methyl sites for hydroxylation is 2. The Hall–Kier alpha value is -5.54. The van der Waals surface area contributed by atoms with Crippen molar-refractivity contribution in [1.82, 2.24) is 14.7 Å². The van der Waals surface area contributed by atoms with E-state index in [2.05, 4.69) is 213 Å². The highest BCUT2D eigenvalue weighted by Gasteiger charge is 2.30. The number of aromatic nitrogens is 2. The molecule has 0 radical (unpaired) electrons. The normalized spacial score (nSPS) is 13.3. The summed E-state index contributed by atoms with van der Waals surface area (Å²) in [6, 6.07) is 45.4. The first-order valence-electron chi connectivity index (χ1n) is 23.4. The molecule has 0 unspecified atom stereocenters. The number of fused-ring (bicyclic) bond motifs is 6. The number of rotatable bonds is 22. The summed E-state index contributed by atoms with van der Waals surface area (Å²) in [5, 5.41) is 0. The van der Waals surface area contributed by atoms with Gasteiger partial charge in [-0.1, -0.05) is 84.9 Å². The van der Waals surface area contributed by atoms with Crippen LogP contribution in [-0.2, 0) is 51.9 Å². The molecule has 8 heteroatoms. The molecule has 4 aromatic carbocycles. The fourth-order valence-electron chi connectivity index (χ4n) is 9.34. The van der Waals surface area contributed by atoms with Crippen LogP contribution in [0, 0.1) is 0 Å². The van der Waals surface area contributed by atoms with Crippen LogP contribution >= 0.6 is 0 Å². The molecule has 0 aliphatic carbocycles. The predicted molar refractivity (Wildman–Crippen MR) is 261 cm³/mol. The fourth-order valence-corrected chi connectivity index (χ4v) is 9.34. The maximum atomic E-state index is 2.68. The SMILES string of the molecule is CN(C)c1cc[n+](CCCN(CCc2ccccc2)CCc2ccc3c(c2)CN2Cc4cc(CCN(CCC[n+]5ccc(N(C)C)cc5)CCc5ccccc5)ccc4N3C2)cc1. The van der Waals surface area contributed by atoms with Crippen molar-refractivity contribution in [3.05, 3.63) is 179 Å². The molecule has 0 saturated carbocycles.